The Labute approximate surface area is 151 Å². The van der Waals surface area contributed by atoms with Gasteiger partial charge in [0.25, 0.3) is 5.91 Å². The number of ether oxygens (including phenoxy) is 1. The van der Waals surface area contributed by atoms with Crippen molar-refractivity contribution in [1.82, 2.24) is 5.43 Å². The molecule has 0 bridgehead atoms. The van der Waals surface area contributed by atoms with Crippen LogP contribution in [0.2, 0.25) is 0 Å². The third-order valence-electron chi connectivity index (χ3n) is 3.84. The lowest BCUT2D eigenvalue weighted by Gasteiger charge is -2.06. The molecular weight excluding hydrogens is 328 g/mol. The smallest absolute Gasteiger partial charge is 0.275 e. The second-order valence-corrected chi connectivity index (χ2v) is 5.83. The molecule has 0 heterocycles. The highest BCUT2D eigenvalue weighted by Crippen LogP contribution is 2.24. The number of aromatic hydroxyl groups is 1. The molecule has 3 aromatic carbocycles. The summed E-state index contributed by atoms with van der Waals surface area (Å²) in [5.74, 6) is 0.260. The lowest BCUT2D eigenvalue weighted by molar-refractivity contribution is 0.0952. The van der Waals surface area contributed by atoms with Gasteiger partial charge in [0.15, 0.2) is 0 Å². The number of hydrazone groups is 1. The van der Waals surface area contributed by atoms with Crippen molar-refractivity contribution in [2.45, 2.75) is 13.3 Å². The molecule has 0 unspecified atom stereocenters. The molecule has 3 aromatic rings. The van der Waals surface area contributed by atoms with Crippen LogP contribution in [-0.2, 0) is 0 Å². The maximum absolute atomic E-state index is 12.3. The summed E-state index contributed by atoms with van der Waals surface area (Å²) in [6.45, 7) is 2.73. The van der Waals surface area contributed by atoms with Crippen LogP contribution >= 0.6 is 0 Å². The van der Waals surface area contributed by atoms with Gasteiger partial charge in [0, 0.05) is 0 Å². The van der Waals surface area contributed by atoms with Crippen LogP contribution in [0.25, 0.3) is 10.8 Å². The first-order valence-corrected chi connectivity index (χ1v) is 8.45. The average molecular weight is 348 g/mol. The SMILES string of the molecule is CCCOc1ccc(/C=N\NC(=O)c2cc3ccccc3cc2O)cc1. The number of fused-ring (bicyclic) bond motifs is 1. The number of nitrogens with one attached hydrogen (secondary N) is 1. The van der Waals surface area contributed by atoms with Gasteiger partial charge in [-0.25, -0.2) is 5.43 Å². The van der Waals surface area contributed by atoms with E-state index in [0.29, 0.717) is 6.61 Å². The van der Waals surface area contributed by atoms with E-state index >= 15 is 0 Å². The Morgan fingerprint density at radius 3 is 2.50 bits per heavy atom. The molecule has 5 heteroatoms. The van der Waals surface area contributed by atoms with Gasteiger partial charge in [0.2, 0.25) is 0 Å². The zero-order valence-electron chi connectivity index (χ0n) is 14.5. The lowest BCUT2D eigenvalue weighted by Crippen LogP contribution is -2.17. The Morgan fingerprint density at radius 1 is 1.12 bits per heavy atom. The molecule has 0 saturated heterocycles. The van der Waals surface area contributed by atoms with Crippen LogP contribution in [-0.4, -0.2) is 23.8 Å². The van der Waals surface area contributed by atoms with E-state index in [1.165, 1.54) is 0 Å². The number of phenolic OH excluding ortho intramolecular Hbond substituents is 1. The second kappa shape index (κ2) is 8.16. The zero-order valence-corrected chi connectivity index (χ0v) is 14.5. The number of rotatable bonds is 6. The van der Waals surface area contributed by atoms with E-state index in [9.17, 15) is 9.90 Å². The van der Waals surface area contributed by atoms with Gasteiger partial charge < -0.3 is 9.84 Å². The minimum absolute atomic E-state index is 0.0752. The topological polar surface area (TPSA) is 70.9 Å². The third kappa shape index (κ3) is 4.19. The van der Waals surface area contributed by atoms with Crippen LogP contribution in [0.15, 0.2) is 65.8 Å². The lowest BCUT2D eigenvalue weighted by atomic mass is 10.1. The summed E-state index contributed by atoms with van der Waals surface area (Å²) >= 11 is 0. The van der Waals surface area contributed by atoms with Gasteiger partial charge in [0.1, 0.15) is 11.5 Å². The van der Waals surface area contributed by atoms with Crippen molar-refractivity contribution in [3.05, 3.63) is 71.8 Å². The van der Waals surface area contributed by atoms with Crippen LogP contribution < -0.4 is 10.2 Å². The Hall–Kier alpha value is -3.34. The minimum Gasteiger partial charge on any atom is -0.507 e. The van der Waals surface area contributed by atoms with E-state index in [4.69, 9.17) is 4.74 Å². The summed E-state index contributed by atoms with van der Waals surface area (Å²) in [6.07, 6.45) is 2.50. The van der Waals surface area contributed by atoms with E-state index in [0.717, 1.165) is 28.5 Å². The standard InChI is InChI=1S/C21H20N2O3/c1-2-11-26-18-9-7-15(8-10-18)14-22-23-21(25)19-12-16-5-3-4-6-17(16)13-20(19)24/h3-10,12-14,24H,2,11H2,1H3,(H,23,25)/b22-14-. The highest BCUT2D eigenvalue weighted by Gasteiger charge is 2.11. The summed E-state index contributed by atoms with van der Waals surface area (Å²) in [6, 6.07) is 18.2. The number of hydrogen-bond donors (Lipinski definition) is 2. The van der Waals surface area contributed by atoms with Crippen LogP contribution in [0.3, 0.4) is 0 Å². The molecule has 0 aliphatic heterocycles. The molecule has 132 valence electrons. The summed E-state index contributed by atoms with van der Waals surface area (Å²) in [5, 5.41) is 15.8. The molecule has 3 rings (SSSR count). The van der Waals surface area contributed by atoms with Crippen LogP contribution in [0, 0.1) is 0 Å². The minimum atomic E-state index is -0.465. The molecule has 0 atom stereocenters. The molecule has 5 nitrogen and oxygen atoms in total. The predicted molar refractivity (Wildman–Crippen MR) is 103 cm³/mol. The Morgan fingerprint density at radius 2 is 1.81 bits per heavy atom. The van der Waals surface area contributed by atoms with Crippen LogP contribution in [0.1, 0.15) is 29.3 Å². The van der Waals surface area contributed by atoms with E-state index in [1.54, 1.807) is 18.3 Å². The molecule has 1 amide bonds. The molecule has 0 saturated carbocycles. The number of benzene rings is 3. The number of hydrogen-bond acceptors (Lipinski definition) is 4. The summed E-state index contributed by atoms with van der Waals surface area (Å²) in [7, 11) is 0. The molecule has 0 radical (unpaired) electrons. The molecule has 2 N–H and O–H groups in total. The number of carbonyl (C=O) groups is 1. The van der Waals surface area contributed by atoms with Gasteiger partial charge in [-0.2, -0.15) is 5.10 Å². The van der Waals surface area contributed by atoms with Crippen LogP contribution in [0.4, 0.5) is 0 Å². The maximum Gasteiger partial charge on any atom is 0.275 e. The van der Waals surface area contributed by atoms with E-state index < -0.39 is 5.91 Å². The summed E-state index contributed by atoms with van der Waals surface area (Å²) in [4.78, 5) is 12.3. The summed E-state index contributed by atoms with van der Waals surface area (Å²) in [5.41, 5.74) is 3.46. The quantitative estimate of drug-likeness (QED) is 0.520. The summed E-state index contributed by atoms with van der Waals surface area (Å²) < 4.78 is 5.52. The zero-order chi connectivity index (χ0) is 18.4. The van der Waals surface area contributed by atoms with Crippen molar-refractivity contribution >= 4 is 22.9 Å². The Balaban J connectivity index is 1.66. The first-order valence-electron chi connectivity index (χ1n) is 8.45. The number of nitrogens with zero attached hydrogens (tertiary/aromatic N) is 1. The van der Waals surface area contributed by atoms with Crippen molar-refractivity contribution < 1.29 is 14.6 Å². The van der Waals surface area contributed by atoms with Crippen molar-refractivity contribution in [1.29, 1.82) is 0 Å². The number of amides is 1. The monoisotopic (exact) mass is 348 g/mol. The highest BCUT2D eigenvalue weighted by atomic mass is 16.5. The first-order chi connectivity index (χ1) is 12.7. The third-order valence-corrected chi connectivity index (χ3v) is 3.84. The van der Waals surface area contributed by atoms with Gasteiger partial charge in [-0.15, -0.1) is 0 Å². The van der Waals surface area contributed by atoms with Gasteiger partial charge in [-0.3, -0.25) is 4.79 Å². The molecule has 26 heavy (non-hydrogen) atoms. The van der Waals surface area contributed by atoms with E-state index in [2.05, 4.69) is 17.5 Å². The number of carbonyl (C=O) groups excluding carboxylic acids is 1. The van der Waals surface area contributed by atoms with Crippen molar-refractivity contribution in [2.24, 2.45) is 5.10 Å². The Bertz CT molecular complexity index is 934. The van der Waals surface area contributed by atoms with E-state index in [-0.39, 0.29) is 11.3 Å². The fraction of sp³-hybridized carbons (Fsp3) is 0.143. The average Bonchev–Trinajstić information content (AvgIpc) is 2.66. The molecule has 0 aliphatic carbocycles. The fourth-order valence-corrected chi connectivity index (χ4v) is 2.51. The predicted octanol–water partition coefficient (Wildman–Crippen LogP) is 4.10. The second-order valence-electron chi connectivity index (χ2n) is 5.83. The van der Waals surface area contributed by atoms with E-state index in [1.807, 2.05) is 48.5 Å². The van der Waals surface area contributed by atoms with Gasteiger partial charge in [-0.1, -0.05) is 31.2 Å². The molecule has 0 aromatic heterocycles. The molecule has 0 spiro atoms. The maximum atomic E-state index is 12.3. The van der Waals surface area contributed by atoms with Crippen molar-refractivity contribution in [3.63, 3.8) is 0 Å². The van der Waals surface area contributed by atoms with Gasteiger partial charge in [0.05, 0.1) is 18.4 Å². The fourth-order valence-electron chi connectivity index (χ4n) is 2.51. The molecule has 0 aliphatic rings. The van der Waals surface area contributed by atoms with Crippen molar-refractivity contribution in [2.75, 3.05) is 6.61 Å². The van der Waals surface area contributed by atoms with Crippen LogP contribution in [0.5, 0.6) is 11.5 Å². The van der Waals surface area contributed by atoms with Gasteiger partial charge >= 0.3 is 0 Å². The van der Waals surface area contributed by atoms with Gasteiger partial charge in [-0.05, 0) is 59.2 Å². The Kier molecular flexibility index (Phi) is 5.49. The number of phenols is 1. The normalized spacial score (nSPS) is 11.0. The first kappa shape index (κ1) is 17.5. The molecule has 0 fully saturated rings. The highest BCUT2D eigenvalue weighted by molar-refractivity contribution is 6.01. The molecular formula is C21H20N2O3. The largest absolute Gasteiger partial charge is 0.507 e. The van der Waals surface area contributed by atoms with Crippen molar-refractivity contribution in [3.8, 4) is 11.5 Å².